The van der Waals surface area contributed by atoms with Gasteiger partial charge in [-0.25, -0.2) is 0 Å². The largest absolute Gasteiger partial charge is 0.455 e. The molecule has 19 heavy (non-hydrogen) atoms. The molecule has 98 valence electrons. The second kappa shape index (κ2) is 6.02. The smallest absolute Gasteiger partial charge is 0.238 e. The van der Waals surface area contributed by atoms with Crippen molar-refractivity contribution in [2.45, 2.75) is 6.92 Å². The molecule has 0 aliphatic heterocycles. The molecular weight excluding hydrogens is 240 g/mol. The fourth-order valence-corrected chi connectivity index (χ4v) is 1.65. The van der Waals surface area contributed by atoms with Crippen molar-refractivity contribution in [1.29, 1.82) is 0 Å². The van der Waals surface area contributed by atoms with Crippen LogP contribution in [0, 0.1) is 6.92 Å². The predicted molar refractivity (Wildman–Crippen MR) is 75.4 cm³/mol. The van der Waals surface area contributed by atoms with Crippen molar-refractivity contribution in [1.82, 2.24) is 0 Å². The number of para-hydroxylation sites is 3. The Morgan fingerprint density at radius 2 is 1.74 bits per heavy atom. The molecule has 0 spiro atoms. The van der Waals surface area contributed by atoms with Crippen molar-refractivity contribution in [3.63, 3.8) is 0 Å². The molecule has 0 atom stereocenters. The summed E-state index contributed by atoms with van der Waals surface area (Å²) >= 11 is 0. The molecule has 2 aromatic carbocycles. The molecule has 4 heteroatoms. The summed E-state index contributed by atoms with van der Waals surface area (Å²) in [6.45, 7) is 1.91. The zero-order valence-electron chi connectivity index (χ0n) is 10.7. The van der Waals surface area contributed by atoms with Crippen LogP contribution in [0.2, 0.25) is 0 Å². The van der Waals surface area contributed by atoms with Crippen LogP contribution < -0.4 is 15.8 Å². The second-order valence-electron chi connectivity index (χ2n) is 4.12. The zero-order chi connectivity index (χ0) is 13.7. The van der Waals surface area contributed by atoms with Gasteiger partial charge in [0.15, 0.2) is 5.75 Å². The predicted octanol–water partition coefficient (Wildman–Crippen LogP) is 2.68. The lowest BCUT2D eigenvalue weighted by Crippen LogP contribution is -2.22. The number of nitrogens with one attached hydrogen (secondary N) is 1. The Hall–Kier alpha value is -2.33. The maximum Gasteiger partial charge on any atom is 0.238 e. The average Bonchev–Trinajstić information content (AvgIpc) is 2.43. The van der Waals surface area contributed by atoms with Crippen molar-refractivity contribution in [3.05, 3.63) is 54.1 Å². The summed E-state index contributed by atoms with van der Waals surface area (Å²) in [4.78, 5) is 11.4. The zero-order valence-corrected chi connectivity index (χ0v) is 10.7. The lowest BCUT2D eigenvalue weighted by molar-refractivity contribution is -0.114. The van der Waals surface area contributed by atoms with Gasteiger partial charge in [-0.2, -0.15) is 0 Å². The molecule has 0 fully saturated rings. The third-order valence-electron chi connectivity index (χ3n) is 2.66. The number of ether oxygens (including phenoxy) is 1. The van der Waals surface area contributed by atoms with E-state index in [0.717, 1.165) is 11.3 Å². The molecule has 0 unspecified atom stereocenters. The molecule has 0 radical (unpaired) electrons. The van der Waals surface area contributed by atoms with E-state index >= 15 is 0 Å². The highest BCUT2D eigenvalue weighted by Crippen LogP contribution is 2.30. The highest BCUT2D eigenvalue weighted by atomic mass is 16.5. The van der Waals surface area contributed by atoms with E-state index in [2.05, 4.69) is 5.32 Å². The van der Waals surface area contributed by atoms with Gasteiger partial charge in [0.2, 0.25) is 5.91 Å². The van der Waals surface area contributed by atoms with Crippen LogP contribution in [-0.2, 0) is 4.79 Å². The Kier molecular flexibility index (Phi) is 4.15. The number of anilines is 1. The molecule has 0 saturated heterocycles. The molecule has 0 saturated carbocycles. The van der Waals surface area contributed by atoms with Gasteiger partial charge in [-0.1, -0.05) is 30.3 Å². The molecule has 3 N–H and O–H groups in total. The number of amides is 1. The summed E-state index contributed by atoms with van der Waals surface area (Å²) in [6.07, 6.45) is 0. The van der Waals surface area contributed by atoms with Gasteiger partial charge in [0, 0.05) is 0 Å². The van der Waals surface area contributed by atoms with Crippen molar-refractivity contribution < 1.29 is 9.53 Å². The summed E-state index contributed by atoms with van der Waals surface area (Å²) in [6, 6.07) is 15.0. The monoisotopic (exact) mass is 256 g/mol. The van der Waals surface area contributed by atoms with E-state index in [-0.39, 0.29) is 12.5 Å². The van der Waals surface area contributed by atoms with Crippen molar-refractivity contribution in [3.8, 4) is 11.5 Å². The number of hydrogen-bond donors (Lipinski definition) is 2. The van der Waals surface area contributed by atoms with E-state index in [1.807, 2.05) is 43.3 Å². The van der Waals surface area contributed by atoms with Crippen LogP contribution >= 0.6 is 0 Å². The fraction of sp³-hybridized carbons (Fsp3) is 0.133. The van der Waals surface area contributed by atoms with Crippen LogP contribution in [0.15, 0.2) is 48.5 Å². The number of benzene rings is 2. The van der Waals surface area contributed by atoms with E-state index in [4.69, 9.17) is 10.5 Å². The Bertz CT molecular complexity index is 582. The first-order valence-electron chi connectivity index (χ1n) is 6.03. The van der Waals surface area contributed by atoms with Gasteiger partial charge < -0.3 is 15.8 Å². The third-order valence-corrected chi connectivity index (χ3v) is 2.66. The van der Waals surface area contributed by atoms with Gasteiger partial charge in [0.25, 0.3) is 0 Å². The number of rotatable bonds is 4. The average molecular weight is 256 g/mol. The summed E-state index contributed by atoms with van der Waals surface area (Å²) in [5.74, 6) is 1.11. The van der Waals surface area contributed by atoms with Gasteiger partial charge in [0.05, 0.1) is 12.2 Å². The lowest BCUT2D eigenvalue weighted by atomic mass is 10.2. The molecular formula is C15H16N2O2. The minimum atomic E-state index is -0.249. The van der Waals surface area contributed by atoms with Crippen molar-refractivity contribution in [2.24, 2.45) is 5.73 Å². The number of nitrogens with two attached hydrogens (primary N) is 1. The Morgan fingerprint density at radius 3 is 2.42 bits per heavy atom. The molecule has 1 amide bonds. The number of aryl methyl sites for hydroxylation is 1. The number of carbonyl (C=O) groups is 1. The van der Waals surface area contributed by atoms with Gasteiger partial charge in [-0.3, -0.25) is 4.79 Å². The molecule has 0 heterocycles. The standard InChI is InChI=1S/C15H16N2O2/c1-11-6-2-4-8-13(11)19-14-9-5-3-7-12(14)17-15(18)10-16/h2-9H,10,16H2,1H3,(H,17,18). The normalized spacial score (nSPS) is 10.0. The van der Waals surface area contributed by atoms with Gasteiger partial charge in [-0.05, 0) is 30.7 Å². The summed E-state index contributed by atoms with van der Waals surface area (Å²) in [5, 5.41) is 2.71. The first-order chi connectivity index (χ1) is 9.20. The van der Waals surface area contributed by atoms with Crippen LogP contribution in [0.3, 0.4) is 0 Å². The molecule has 4 nitrogen and oxygen atoms in total. The van der Waals surface area contributed by atoms with Gasteiger partial charge in [0.1, 0.15) is 5.75 Å². The van der Waals surface area contributed by atoms with Crippen molar-refractivity contribution in [2.75, 3.05) is 11.9 Å². The Balaban J connectivity index is 2.25. The molecule has 2 aromatic rings. The minimum absolute atomic E-state index is 0.0568. The highest BCUT2D eigenvalue weighted by Gasteiger charge is 2.08. The maximum atomic E-state index is 11.4. The van der Waals surface area contributed by atoms with Gasteiger partial charge in [-0.15, -0.1) is 0 Å². The van der Waals surface area contributed by atoms with E-state index in [1.54, 1.807) is 12.1 Å². The van der Waals surface area contributed by atoms with Crippen LogP contribution in [0.1, 0.15) is 5.56 Å². The SMILES string of the molecule is Cc1ccccc1Oc1ccccc1NC(=O)CN. The summed E-state index contributed by atoms with van der Waals surface area (Å²) in [7, 11) is 0. The number of carbonyl (C=O) groups excluding carboxylic acids is 1. The third kappa shape index (κ3) is 3.33. The summed E-state index contributed by atoms with van der Waals surface area (Å²) in [5.41, 5.74) is 6.94. The first-order valence-corrected chi connectivity index (χ1v) is 6.03. The molecule has 2 rings (SSSR count). The van der Waals surface area contributed by atoms with Crippen molar-refractivity contribution >= 4 is 11.6 Å². The molecule has 0 aromatic heterocycles. The highest BCUT2D eigenvalue weighted by molar-refractivity contribution is 5.93. The Morgan fingerprint density at radius 1 is 1.11 bits per heavy atom. The number of hydrogen-bond acceptors (Lipinski definition) is 3. The van der Waals surface area contributed by atoms with Crippen LogP contribution in [0.25, 0.3) is 0 Å². The fourth-order valence-electron chi connectivity index (χ4n) is 1.65. The molecule has 0 bridgehead atoms. The van der Waals surface area contributed by atoms with E-state index in [1.165, 1.54) is 0 Å². The van der Waals surface area contributed by atoms with E-state index in [9.17, 15) is 4.79 Å². The van der Waals surface area contributed by atoms with E-state index in [0.29, 0.717) is 11.4 Å². The second-order valence-corrected chi connectivity index (χ2v) is 4.12. The molecule has 0 aliphatic carbocycles. The Labute approximate surface area is 112 Å². The van der Waals surface area contributed by atoms with Crippen LogP contribution in [0.5, 0.6) is 11.5 Å². The van der Waals surface area contributed by atoms with Crippen LogP contribution in [-0.4, -0.2) is 12.5 Å². The van der Waals surface area contributed by atoms with Crippen LogP contribution in [0.4, 0.5) is 5.69 Å². The van der Waals surface area contributed by atoms with E-state index < -0.39 is 0 Å². The first kappa shape index (κ1) is 13.1. The molecule has 0 aliphatic rings. The lowest BCUT2D eigenvalue weighted by Gasteiger charge is -2.13. The minimum Gasteiger partial charge on any atom is -0.455 e. The van der Waals surface area contributed by atoms with Gasteiger partial charge >= 0.3 is 0 Å². The quantitative estimate of drug-likeness (QED) is 0.884. The summed E-state index contributed by atoms with van der Waals surface area (Å²) < 4.78 is 5.83. The topological polar surface area (TPSA) is 64.3 Å². The maximum absolute atomic E-state index is 11.4.